The van der Waals surface area contributed by atoms with E-state index >= 15 is 0 Å². The van der Waals surface area contributed by atoms with Gasteiger partial charge in [0.25, 0.3) is 5.91 Å². The number of hydrogen-bond donors (Lipinski definition) is 0. The molecule has 36 heavy (non-hydrogen) atoms. The van der Waals surface area contributed by atoms with Crippen LogP contribution in [0.1, 0.15) is 17.3 Å². The molecule has 1 fully saturated rings. The Bertz CT molecular complexity index is 1340. The van der Waals surface area contributed by atoms with E-state index < -0.39 is 0 Å². The Morgan fingerprint density at radius 2 is 1.61 bits per heavy atom. The third-order valence-corrected chi connectivity index (χ3v) is 6.08. The maximum atomic E-state index is 13.2. The number of piperazine rings is 1. The summed E-state index contributed by atoms with van der Waals surface area (Å²) in [4.78, 5) is 26.0. The van der Waals surface area contributed by atoms with Gasteiger partial charge < -0.3 is 24.0 Å². The molecular formula is C25H27N7O4. The molecule has 186 valence electrons. The zero-order valence-electron chi connectivity index (χ0n) is 20.4. The van der Waals surface area contributed by atoms with Crippen LogP contribution in [0.25, 0.3) is 16.9 Å². The van der Waals surface area contributed by atoms with Crippen LogP contribution >= 0.6 is 0 Å². The molecule has 0 saturated carbocycles. The second kappa shape index (κ2) is 10.1. The summed E-state index contributed by atoms with van der Waals surface area (Å²) in [6.45, 7) is 4.84. The predicted molar refractivity (Wildman–Crippen MR) is 133 cm³/mol. The summed E-state index contributed by atoms with van der Waals surface area (Å²) in [5.74, 6) is 2.58. The molecule has 0 N–H and O–H groups in total. The minimum Gasteiger partial charge on any atom is -0.497 e. The second-order valence-electron chi connectivity index (χ2n) is 8.18. The highest BCUT2D eigenvalue weighted by molar-refractivity contribution is 5.95. The van der Waals surface area contributed by atoms with Crippen molar-refractivity contribution in [1.82, 2.24) is 29.9 Å². The number of hydrogen-bond acceptors (Lipinski definition) is 9. The molecule has 0 spiro atoms. The average molecular weight is 490 g/mol. The maximum Gasteiger partial charge on any atom is 0.254 e. The molecule has 0 aliphatic carbocycles. The lowest BCUT2D eigenvalue weighted by Crippen LogP contribution is -2.49. The molecule has 11 nitrogen and oxygen atoms in total. The zero-order valence-corrected chi connectivity index (χ0v) is 20.4. The van der Waals surface area contributed by atoms with Crippen LogP contribution in [0.5, 0.6) is 17.2 Å². The average Bonchev–Trinajstić information content (AvgIpc) is 3.37. The van der Waals surface area contributed by atoms with Gasteiger partial charge in [0.2, 0.25) is 0 Å². The lowest BCUT2D eigenvalue weighted by atomic mass is 10.1. The predicted octanol–water partition coefficient (Wildman–Crippen LogP) is 2.59. The zero-order chi connectivity index (χ0) is 25.1. The second-order valence-corrected chi connectivity index (χ2v) is 8.18. The van der Waals surface area contributed by atoms with Crippen LogP contribution < -0.4 is 19.1 Å². The summed E-state index contributed by atoms with van der Waals surface area (Å²) in [7, 11) is 3.13. The Labute approximate surface area is 208 Å². The highest BCUT2D eigenvalue weighted by atomic mass is 16.5. The maximum absolute atomic E-state index is 13.2. The molecule has 1 saturated heterocycles. The molecule has 11 heteroatoms. The van der Waals surface area contributed by atoms with E-state index in [-0.39, 0.29) is 5.91 Å². The first kappa shape index (κ1) is 23.3. The van der Waals surface area contributed by atoms with E-state index in [1.165, 1.54) is 6.33 Å². The number of ether oxygens (including phenoxy) is 3. The molecular weight excluding hydrogens is 462 g/mol. The van der Waals surface area contributed by atoms with E-state index in [0.717, 1.165) is 11.4 Å². The van der Waals surface area contributed by atoms with Crippen molar-refractivity contribution in [2.45, 2.75) is 6.92 Å². The van der Waals surface area contributed by atoms with Gasteiger partial charge in [-0.3, -0.25) is 4.79 Å². The van der Waals surface area contributed by atoms with Gasteiger partial charge >= 0.3 is 0 Å². The fourth-order valence-corrected chi connectivity index (χ4v) is 4.23. The van der Waals surface area contributed by atoms with E-state index in [4.69, 9.17) is 14.2 Å². The summed E-state index contributed by atoms with van der Waals surface area (Å²) in [6, 6.07) is 12.8. The Morgan fingerprint density at radius 1 is 0.917 bits per heavy atom. The molecule has 2 aromatic carbocycles. The number of amides is 1. The van der Waals surface area contributed by atoms with Crippen LogP contribution in [0.15, 0.2) is 48.8 Å². The van der Waals surface area contributed by atoms with Gasteiger partial charge in [0.05, 0.1) is 26.5 Å². The fraction of sp³-hybridized carbons (Fsp3) is 0.320. The molecule has 1 amide bonds. The monoisotopic (exact) mass is 489 g/mol. The quantitative estimate of drug-likeness (QED) is 0.387. The molecule has 0 radical (unpaired) electrons. The smallest absolute Gasteiger partial charge is 0.254 e. The molecule has 2 aromatic heterocycles. The molecule has 1 aliphatic heterocycles. The topological polar surface area (TPSA) is 108 Å². The van der Waals surface area contributed by atoms with Gasteiger partial charge in [-0.15, -0.1) is 5.10 Å². The van der Waals surface area contributed by atoms with Gasteiger partial charge in [-0.25, -0.2) is 9.97 Å². The van der Waals surface area contributed by atoms with Crippen LogP contribution in [0, 0.1) is 0 Å². The summed E-state index contributed by atoms with van der Waals surface area (Å²) >= 11 is 0. The lowest BCUT2D eigenvalue weighted by molar-refractivity contribution is 0.0746. The number of fused-ring (bicyclic) bond motifs is 1. The van der Waals surface area contributed by atoms with E-state index in [1.54, 1.807) is 37.1 Å². The number of rotatable bonds is 7. The number of benzene rings is 2. The number of carbonyl (C=O) groups excluding carboxylic acids is 1. The van der Waals surface area contributed by atoms with Crippen molar-refractivity contribution < 1.29 is 19.0 Å². The summed E-state index contributed by atoms with van der Waals surface area (Å²) in [5.41, 5.74) is 2.59. The summed E-state index contributed by atoms with van der Waals surface area (Å²) in [5, 5.41) is 8.70. The van der Waals surface area contributed by atoms with Gasteiger partial charge in [0, 0.05) is 37.8 Å². The van der Waals surface area contributed by atoms with Crippen molar-refractivity contribution in [3.05, 3.63) is 54.4 Å². The van der Waals surface area contributed by atoms with Crippen LogP contribution in [-0.2, 0) is 0 Å². The summed E-state index contributed by atoms with van der Waals surface area (Å²) < 4.78 is 17.8. The van der Waals surface area contributed by atoms with E-state index in [2.05, 4.69) is 25.2 Å². The fourth-order valence-electron chi connectivity index (χ4n) is 4.23. The van der Waals surface area contributed by atoms with Crippen LogP contribution in [-0.4, -0.2) is 82.8 Å². The van der Waals surface area contributed by atoms with E-state index in [1.807, 2.05) is 36.1 Å². The summed E-state index contributed by atoms with van der Waals surface area (Å²) in [6.07, 6.45) is 1.52. The van der Waals surface area contributed by atoms with Gasteiger partial charge in [-0.05, 0) is 43.3 Å². The molecule has 5 rings (SSSR count). The molecule has 0 bridgehead atoms. The lowest BCUT2D eigenvalue weighted by Gasteiger charge is -2.35. The van der Waals surface area contributed by atoms with Crippen molar-refractivity contribution in [1.29, 1.82) is 0 Å². The normalized spacial score (nSPS) is 13.6. The number of methoxy groups -OCH3 is 2. The minimum absolute atomic E-state index is 0.0684. The first-order valence-corrected chi connectivity index (χ1v) is 11.7. The van der Waals surface area contributed by atoms with Gasteiger partial charge in [-0.1, -0.05) is 5.21 Å². The van der Waals surface area contributed by atoms with E-state index in [0.29, 0.717) is 66.8 Å². The van der Waals surface area contributed by atoms with Gasteiger partial charge in [-0.2, -0.15) is 4.68 Å². The highest BCUT2D eigenvalue weighted by Gasteiger charge is 2.26. The van der Waals surface area contributed by atoms with Crippen molar-refractivity contribution in [2.75, 3.05) is 51.9 Å². The van der Waals surface area contributed by atoms with Crippen LogP contribution in [0.3, 0.4) is 0 Å². The first-order chi connectivity index (χ1) is 17.6. The Kier molecular flexibility index (Phi) is 6.52. The molecule has 3 heterocycles. The van der Waals surface area contributed by atoms with Crippen LogP contribution in [0.4, 0.5) is 5.82 Å². The third kappa shape index (κ3) is 4.47. The van der Waals surface area contributed by atoms with Crippen molar-refractivity contribution in [3.8, 4) is 22.9 Å². The van der Waals surface area contributed by atoms with Gasteiger partial charge in [0.15, 0.2) is 17.0 Å². The van der Waals surface area contributed by atoms with Gasteiger partial charge in [0.1, 0.15) is 23.6 Å². The Morgan fingerprint density at radius 3 is 2.25 bits per heavy atom. The SMILES string of the molecule is CCOc1ccc(-n2nnc3c(N4CCN(C(=O)c5cc(OC)cc(OC)c5)CC4)ncnc32)cc1. The largest absolute Gasteiger partial charge is 0.497 e. The Hall–Kier alpha value is -4.41. The minimum atomic E-state index is -0.0684. The molecule has 4 aromatic rings. The van der Waals surface area contributed by atoms with E-state index in [9.17, 15) is 4.79 Å². The standard InChI is InChI=1S/C25H27N7O4/c1-4-36-19-7-5-18(6-8-19)32-24-22(28-29-32)23(26-16-27-24)30-9-11-31(12-10-30)25(33)17-13-20(34-2)15-21(14-17)35-3/h5-8,13-16H,4,9-12H2,1-3H3. The van der Waals surface area contributed by atoms with Crippen molar-refractivity contribution in [2.24, 2.45) is 0 Å². The molecule has 0 atom stereocenters. The highest BCUT2D eigenvalue weighted by Crippen LogP contribution is 2.26. The number of carbonyl (C=O) groups is 1. The molecule has 0 unspecified atom stereocenters. The Balaban J connectivity index is 1.33. The number of nitrogens with zero attached hydrogens (tertiary/aromatic N) is 7. The number of anilines is 1. The van der Waals surface area contributed by atoms with Crippen LogP contribution in [0.2, 0.25) is 0 Å². The van der Waals surface area contributed by atoms with Crippen molar-refractivity contribution >= 4 is 22.9 Å². The molecule has 1 aliphatic rings. The first-order valence-electron chi connectivity index (χ1n) is 11.7. The third-order valence-electron chi connectivity index (χ3n) is 6.08. The van der Waals surface area contributed by atoms with Crippen molar-refractivity contribution in [3.63, 3.8) is 0 Å². The number of aromatic nitrogens is 5.